The van der Waals surface area contributed by atoms with E-state index in [1.54, 1.807) is 0 Å². The highest BCUT2D eigenvalue weighted by molar-refractivity contribution is 5.75. The van der Waals surface area contributed by atoms with Crippen LogP contribution in [0.1, 0.15) is 57.6 Å². The van der Waals surface area contributed by atoms with Crippen LogP contribution in [0.3, 0.4) is 0 Å². The third-order valence-corrected chi connectivity index (χ3v) is 5.60. The standard InChI is InChI=1S/C20H26.C6H13N3O.C2H6/c1-18(10-8-16-19-12-4-2-5-13-19)11-9-17-20-14-6-3-7-15-20;7-6(10)5-9-3-1-8-2-4-9;1-2/h2-7,12-15,18H,8-11,16-17H2,1H3;8H,1-5H2,(H2,7,10);1-2H3. The molecule has 0 aromatic heterocycles. The molecule has 1 saturated heterocycles. The lowest BCUT2D eigenvalue weighted by Gasteiger charge is -2.25. The molecule has 0 radical (unpaired) electrons. The SMILES string of the molecule is CC.CC(CCCc1ccccc1)CCCc1ccccc1.NC(=O)CN1CCNCC1. The Morgan fingerprint density at radius 3 is 1.72 bits per heavy atom. The molecule has 1 heterocycles. The number of hydrogen-bond acceptors (Lipinski definition) is 3. The molecule has 178 valence electrons. The van der Waals surface area contributed by atoms with E-state index >= 15 is 0 Å². The summed E-state index contributed by atoms with van der Waals surface area (Å²) in [6, 6.07) is 21.7. The van der Waals surface area contributed by atoms with Crippen LogP contribution < -0.4 is 11.1 Å². The Morgan fingerprint density at radius 1 is 0.875 bits per heavy atom. The normalized spacial score (nSPS) is 13.5. The average molecular weight is 440 g/mol. The molecule has 4 heteroatoms. The fourth-order valence-corrected chi connectivity index (χ4v) is 3.83. The molecular formula is C28H45N3O. The fraction of sp³-hybridized carbons (Fsp3) is 0.536. The molecule has 32 heavy (non-hydrogen) atoms. The summed E-state index contributed by atoms with van der Waals surface area (Å²) in [6.45, 7) is 10.6. The molecule has 3 N–H and O–H groups in total. The van der Waals surface area contributed by atoms with E-state index < -0.39 is 0 Å². The topological polar surface area (TPSA) is 58.4 Å². The van der Waals surface area contributed by atoms with Gasteiger partial charge in [0.1, 0.15) is 0 Å². The van der Waals surface area contributed by atoms with Gasteiger partial charge in [0.2, 0.25) is 5.91 Å². The second kappa shape index (κ2) is 18.4. The van der Waals surface area contributed by atoms with Gasteiger partial charge in [-0.3, -0.25) is 9.69 Å². The molecule has 0 bridgehead atoms. The van der Waals surface area contributed by atoms with Crippen LogP contribution in [-0.2, 0) is 17.6 Å². The highest BCUT2D eigenvalue weighted by atomic mass is 16.1. The Kier molecular flexibility index (Phi) is 16.0. The smallest absolute Gasteiger partial charge is 0.231 e. The lowest BCUT2D eigenvalue weighted by atomic mass is 9.95. The van der Waals surface area contributed by atoms with Crippen LogP contribution in [0.5, 0.6) is 0 Å². The molecule has 0 aliphatic carbocycles. The first-order valence-electron chi connectivity index (χ1n) is 12.4. The zero-order chi connectivity index (χ0) is 23.4. The van der Waals surface area contributed by atoms with Crippen molar-refractivity contribution in [3.8, 4) is 0 Å². The van der Waals surface area contributed by atoms with Gasteiger partial charge in [-0.15, -0.1) is 0 Å². The Labute approximate surface area is 196 Å². The second-order valence-electron chi connectivity index (χ2n) is 8.35. The quantitative estimate of drug-likeness (QED) is 0.543. The molecule has 1 aliphatic rings. The minimum absolute atomic E-state index is 0.234. The summed E-state index contributed by atoms with van der Waals surface area (Å²) >= 11 is 0. The van der Waals surface area contributed by atoms with Gasteiger partial charge >= 0.3 is 0 Å². The van der Waals surface area contributed by atoms with Crippen LogP contribution in [0, 0.1) is 5.92 Å². The van der Waals surface area contributed by atoms with E-state index in [4.69, 9.17) is 5.73 Å². The predicted molar refractivity (Wildman–Crippen MR) is 138 cm³/mol. The van der Waals surface area contributed by atoms with E-state index in [-0.39, 0.29) is 5.91 Å². The van der Waals surface area contributed by atoms with Crippen LogP contribution in [0.25, 0.3) is 0 Å². The van der Waals surface area contributed by atoms with Crippen molar-refractivity contribution in [2.24, 2.45) is 11.7 Å². The van der Waals surface area contributed by atoms with Gasteiger partial charge in [0.05, 0.1) is 6.54 Å². The lowest BCUT2D eigenvalue weighted by molar-refractivity contribution is -0.119. The molecule has 3 rings (SSSR count). The van der Waals surface area contributed by atoms with E-state index in [2.05, 4.69) is 77.8 Å². The number of piperazine rings is 1. The molecule has 4 nitrogen and oxygen atoms in total. The summed E-state index contributed by atoms with van der Waals surface area (Å²) < 4.78 is 0. The number of rotatable bonds is 10. The van der Waals surface area contributed by atoms with Gasteiger partial charge in [-0.05, 0) is 42.7 Å². The van der Waals surface area contributed by atoms with Gasteiger partial charge in [-0.25, -0.2) is 0 Å². The molecule has 2 aromatic carbocycles. The number of nitrogens with two attached hydrogens (primary N) is 1. The third kappa shape index (κ3) is 14.0. The maximum absolute atomic E-state index is 10.4. The summed E-state index contributed by atoms with van der Waals surface area (Å²) in [5.41, 5.74) is 7.97. The van der Waals surface area contributed by atoms with E-state index in [1.807, 2.05) is 13.8 Å². The van der Waals surface area contributed by atoms with Gasteiger partial charge in [0.25, 0.3) is 0 Å². The van der Waals surface area contributed by atoms with Crippen molar-refractivity contribution < 1.29 is 4.79 Å². The summed E-state index contributed by atoms with van der Waals surface area (Å²) in [5.74, 6) is 0.615. The van der Waals surface area contributed by atoms with Crippen molar-refractivity contribution >= 4 is 5.91 Å². The molecule has 1 aliphatic heterocycles. The predicted octanol–water partition coefficient (Wildman–Crippen LogP) is 5.07. The zero-order valence-electron chi connectivity index (χ0n) is 20.6. The van der Waals surface area contributed by atoms with E-state index in [9.17, 15) is 4.79 Å². The molecule has 0 unspecified atom stereocenters. The number of carbonyl (C=O) groups excluding carboxylic acids is 1. The van der Waals surface area contributed by atoms with Crippen LogP contribution in [0.2, 0.25) is 0 Å². The number of aryl methyl sites for hydroxylation is 2. The summed E-state index contributed by atoms with van der Waals surface area (Å²) in [7, 11) is 0. The number of nitrogens with zero attached hydrogens (tertiary/aromatic N) is 1. The van der Waals surface area contributed by atoms with E-state index in [0.29, 0.717) is 6.54 Å². The van der Waals surface area contributed by atoms with Crippen LogP contribution in [0.15, 0.2) is 60.7 Å². The maximum Gasteiger partial charge on any atom is 0.231 e. The summed E-state index contributed by atoms with van der Waals surface area (Å²) in [4.78, 5) is 12.5. The Bertz CT molecular complexity index is 639. The fourth-order valence-electron chi connectivity index (χ4n) is 3.83. The average Bonchev–Trinajstić information content (AvgIpc) is 2.82. The van der Waals surface area contributed by atoms with Crippen molar-refractivity contribution in [1.29, 1.82) is 0 Å². The van der Waals surface area contributed by atoms with Crippen molar-refractivity contribution in [1.82, 2.24) is 10.2 Å². The lowest BCUT2D eigenvalue weighted by Crippen LogP contribution is -2.46. The van der Waals surface area contributed by atoms with Crippen LogP contribution in [0.4, 0.5) is 0 Å². The number of benzene rings is 2. The number of nitrogens with one attached hydrogen (secondary N) is 1. The maximum atomic E-state index is 10.4. The van der Waals surface area contributed by atoms with Crippen molar-refractivity contribution in [3.63, 3.8) is 0 Å². The van der Waals surface area contributed by atoms with Crippen LogP contribution in [-0.4, -0.2) is 43.5 Å². The highest BCUT2D eigenvalue weighted by Crippen LogP contribution is 2.16. The molecule has 2 aromatic rings. The highest BCUT2D eigenvalue weighted by Gasteiger charge is 2.10. The van der Waals surface area contributed by atoms with Gasteiger partial charge < -0.3 is 11.1 Å². The van der Waals surface area contributed by atoms with Gasteiger partial charge in [-0.1, -0.05) is 94.3 Å². The van der Waals surface area contributed by atoms with Crippen molar-refractivity contribution in [2.75, 3.05) is 32.7 Å². The first kappa shape index (κ1) is 27.9. The number of hydrogen-bond donors (Lipinski definition) is 2. The minimum Gasteiger partial charge on any atom is -0.369 e. The van der Waals surface area contributed by atoms with Gasteiger partial charge in [0.15, 0.2) is 0 Å². The van der Waals surface area contributed by atoms with Gasteiger partial charge in [-0.2, -0.15) is 0 Å². The zero-order valence-corrected chi connectivity index (χ0v) is 20.6. The molecule has 0 atom stereocenters. The second-order valence-corrected chi connectivity index (χ2v) is 8.35. The van der Waals surface area contributed by atoms with E-state index in [0.717, 1.165) is 32.1 Å². The molecule has 0 spiro atoms. The first-order chi connectivity index (χ1) is 15.6. The minimum atomic E-state index is -0.234. The Morgan fingerprint density at radius 2 is 1.31 bits per heavy atom. The summed E-state index contributed by atoms with van der Waals surface area (Å²) in [6.07, 6.45) is 7.79. The van der Waals surface area contributed by atoms with Gasteiger partial charge in [0, 0.05) is 26.2 Å². The largest absolute Gasteiger partial charge is 0.369 e. The number of amides is 1. The van der Waals surface area contributed by atoms with E-state index in [1.165, 1.54) is 49.7 Å². The number of primary amides is 1. The molecule has 0 saturated carbocycles. The third-order valence-electron chi connectivity index (χ3n) is 5.60. The monoisotopic (exact) mass is 439 g/mol. The molecular weight excluding hydrogens is 394 g/mol. The first-order valence-corrected chi connectivity index (χ1v) is 12.4. The van der Waals surface area contributed by atoms with Crippen molar-refractivity contribution in [2.45, 2.75) is 59.3 Å². The molecule has 1 fully saturated rings. The van der Waals surface area contributed by atoms with Crippen LogP contribution >= 0.6 is 0 Å². The van der Waals surface area contributed by atoms with Crippen molar-refractivity contribution in [3.05, 3.63) is 71.8 Å². The Hall–Kier alpha value is -2.17. The molecule has 1 amide bonds. The summed E-state index contributed by atoms with van der Waals surface area (Å²) in [5, 5.41) is 3.19. The number of carbonyl (C=O) groups is 1. The Balaban J connectivity index is 0.000000358.